The second-order valence-electron chi connectivity index (χ2n) is 4.85. The molecule has 0 bridgehead atoms. The minimum Gasteiger partial charge on any atom is -0.310 e. The molecule has 2 rings (SSSR count). The highest BCUT2D eigenvalue weighted by molar-refractivity contribution is 7.99. The number of halogens is 1. The van der Waals surface area contributed by atoms with Crippen LogP contribution in [0.3, 0.4) is 0 Å². The SMILES string of the molecule is CS(=O)(=O)NCCCNC1CCSc2ccc(Cl)cc21. The third-order valence-corrected chi connectivity index (χ3v) is 5.21. The zero-order valence-corrected chi connectivity index (χ0v) is 13.7. The highest BCUT2D eigenvalue weighted by Gasteiger charge is 2.20. The lowest BCUT2D eigenvalue weighted by Crippen LogP contribution is -2.29. The number of fused-ring (bicyclic) bond motifs is 1. The number of benzene rings is 1. The van der Waals surface area contributed by atoms with Crippen molar-refractivity contribution in [3.8, 4) is 0 Å². The van der Waals surface area contributed by atoms with E-state index in [0.29, 0.717) is 12.6 Å². The van der Waals surface area contributed by atoms with Gasteiger partial charge in [0.05, 0.1) is 6.26 Å². The Bertz CT molecular complexity index is 563. The molecule has 1 atom stereocenters. The zero-order chi connectivity index (χ0) is 14.6. The first-order chi connectivity index (χ1) is 9.46. The van der Waals surface area contributed by atoms with Crippen LogP contribution < -0.4 is 10.0 Å². The van der Waals surface area contributed by atoms with Crippen molar-refractivity contribution in [3.63, 3.8) is 0 Å². The molecule has 1 aliphatic rings. The minimum absolute atomic E-state index is 0.309. The van der Waals surface area contributed by atoms with Crippen molar-refractivity contribution < 1.29 is 8.42 Å². The molecule has 1 heterocycles. The molecule has 0 saturated heterocycles. The van der Waals surface area contributed by atoms with Crippen LogP contribution in [0.2, 0.25) is 5.02 Å². The first-order valence-corrected chi connectivity index (χ1v) is 9.81. The average molecular weight is 335 g/mol. The van der Waals surface area contributed by atoms with Crippen LogP contribution in [0.4, 0.5) is 0 Å². The zero-order valence-electron chi connectivity index (χ0n) is 11.4. The molecule has 112 valence electrons. The molecule has 7 heteroatoms. The molecule has 4 nitrogen and oxygen atoms in total. The fourth-order valence-electron chi connectivity index (χ4n) is 2.20. The van der Waals surface area contributed by atoms with Crippen molar-refractivity contribution in [2.45, 2.75) is 23.8 Å². The molecular formula is C13H19ClN2O2S2. The summed E-state index contributed by atoms with van der Waals surface area (Å²) in [6.07, 6.45) is 3.02. The number of rotatable bonds is 6. The Balaban J connectivity index is 1.84. The van der Waals surface area contributed by atoms with Gasteiger partial charge in [-0.25, -0.2) is 13.1 Å². The van der Waals surface area contributed by atoms with Crippen molar-refractivity contribution in [3.05, 3.63) is 28.8 Å². The summed E-state index contributed by atoms with van der Waals surface area (Å²) < 4.78 is 24.4. The van der Waals surface area contributed by atoms with Gasteiger partial charge in [0.1, 0.15) is 0 Å². The third kappa shape index (κ3) is 4.93. The topological polar surface area (TPSA) is 58.2 Å². The molecule has 0 radical (unpaired) electrons. The van der Waals surface area contributed by atoms with E-state index in [-0.39, 0.29) is 0 Å². The van der Waals surface area contributed by atoms with Crippen molar-refractivity contribution >= 4 is 33.4 Å². The monoisotopic (exact) mass is 334 g/mol. The van der Waals surface area contributed by atoms with E-state index in [2.05, 4.69) is 16.1 Å². The van der Waals surface area contributed by atoms with Crippen LogP contribution >= 0.6 is 23.4 Å². The van der Waals surface area contributed by atoms with Gasteiger partial charge in [0, 0.05) is 22.5 Å². The van der Waals surface area contributed by atoms with E-state index in [4.69, 9.17) is 11.6 Å². The van der Waals surface area contributed by atoms with Gasteiger partial charge in [0.25, 0.3) is 0 Å². The molecule has 1 aliphatic heterocycles. The summed E-state index contributed by atoms with van der Waals surface area (Å²) in [5, 5.41) is 4.25. The lowest BCUT2D eigenvalue weighted by atomic mass is 10.0. The number of thioether (sulfide) groups is 1. The molecule has 0 amide bonds. The average Bonchev–Trinajstić information content (AvgIpc) is 2.37. The van der Waals surface area contributed by atoms with Gasteiger partial charge >= 0.3 is 0 Å². The molecule has 0 aliphatic carbocycles. The van der Waals surface area contributed by atoms with Crippen LogP contribution in [0.1, 0.15) is 24.4 Å². The van der Waals surface area contributed by atoms with Crippen molar-refractivity contribution in [2.24, 2.45) is 0 Å². The Kier molecular flexibility index (Phi) is 5.74. The van der Waals surface area contributed by atoms with E-state index in [1.54, 1.807) is 0 Å². The molecule has 0 spiro atoms. The van der Waals surface area contributed by atoms with Crippen LogP contribution in [0.25, 0.3) is 0 Å². The highest BCUT2D eigenvalue weighted by Crippen LogP contribution is 2.37. The molecule has 1 aromatic carbocycles. The molecule has 1 aromatic rings. The van der Waals surface area contributed by atoms with Gasteiger partial charge < -0.3 is 5.32 Å². The van der Waals surface area contributed by atoms with Gasteiger partial charge in [0.2, 0.25) is 10.0 Å². The maximum Gasteiger partial charge on any atom is 0.208 e. The Morgan fingerprint density at radius 1 is 1.40 bits per heavy atom. The molecule has 1 unspecified atom stereocenters. The van der Waals surface area contributed by atoms with Crippen LogP contribution in [-0.4, -0.2) is 33.5 Å². The van der Waals surface area contributed by atoms with E-state index < -0.39 is 10.0 Å². The number of sulfonamides is 1. The van der Waals surface area contributed by atoms with Crippen LogP contribution in [-0.2, 0) is 10.0 Å². The van der Waals surface area contributed by atoms with E-state index in [1.807, 2.05) is 23.9 Å². The summed E-state index contributed by atoms with van der Waals surface area (Å²) in [5.41, 5.74) is 1.25. The Morgan fingerprint density at radius 2 is 2.20 bits per heavy atom. The number of hydrogen-bond donors (Lipinski definition) is 2. The number of nitrogens with one attached hydrogen (secondary N) is 2. The van der Waals surface area contributed by atoms with Gasteiger partial charge in [-0.3, -0.25) is 0 Å². The fourth-order valence-corrected chi connectivity index (χ4v) is 4.00. The van der Waals surface area contributed by atoms with E-state index >= 15 is 0 Å². The van der Waals surface area contributed by atoms with E-state index in [1.165, 1.54) is 16.7 Å². The van der Waals surface area contributed by atoms with Crippen molar-refractivity contribution in [1.29, 1.82) is 0 Å². The van der Waals surface area contributed by atoms with E-state index in [9.17, 15) is 8.42 Å². The fraction of sp³-hybridized carbons (Fsp3) is 0.538. The third-order valence-electron chi connectivity index (χ3n) is 3.12. The van der Waals surface area contributed by atoms with Gasteiger partial charge in [-0.2, -0.15) is 0 Å². The Hall–Kier alpha value is -0.270. The smallest absolute Gasteiger partial charge is 0.208 e. The second-order valence-corrected chi connectivity index (χ2v) is 8.25. The van der Waals surface area contributed by atoms with Crippen molar-refractivity contribution in [2.75, 3.05) is 25.1 Å². The first kappa shape index (κ1) is 16.1. The second kappa shape index (κ2) is 7.13. The molecule has 0 aromatic heterocycles. The summed E-state index contributed by atoms with van der Waals surface area (Å²) in [6.45, 7) is 1.25. The molecule has 20 heavy (non-hydrogen) atoms. The maximum atomic E-state index is 10.9. The first-order valence-electron chi connectivity index (χ1n) is 6.56. The summed E-state index contributed by atoms with van der Waals surface area (Å²) in [7, 11) is -3.08. The molecule has 2 N–H and O–H groups in total. The normalized spacial score (nSPS) is 18.8. The predicted molar refractivity (Wildman–Crippen MR) is 85.0 cm³/mol. The van der Waals surface area contributed by atoms with Gasteiger partial charge in [-0.1, -0.05) is 11.6 Å². The van der Waals surface area contributed by atoms with Gasteiger partial charge in [-0.15, -0.1) is 11.8 Å². The Labute approximate surface area is 129 Å². The lowest BCUT2D eigenvalue weighted by molar-refractivity contribution is 0.500. The maximum absolute atomic E-state index is 10.9. The van der Waals surface area contributed by atoms with Gasteiger partial charge in [0.15, 0.2) is 0 Å². The van der Waals surface area contributed by atoms with Crippen LogP contribution in [0, 0.1) is 0 Å². The van der Waals surface area contributed by atoms with Crippen molar-refractivity contribution in [1.82, 2.24) is 10.0 Å². The molecular weight excluding hydrogens is 316 g/mol. The van der Waals surface area contributed by atoms with Crippen LogP contribution in [0.5, 0.6) is 0 Å². The summed E-state index contributed by atoms with van der Waals surface area (Å²) >= 11 is 7.92. The van der Waals surface area contributed by atoms with E-state index in [0.717, 1.165) is 30.2 Å². The predicted octanol–water partition coefficient (Wildman–Crippen LogP) is 2.41. The minimum atomic E-state index is -3.08. The lowest BCUT2D eigenvalue weighted by Gasteiger charge is -2.26. The summed E-state index contributed by atoms with van der Waals surface area (Å²) in [4.78, 5) is 1.28. The Morgan fingerprint density at radius 3 is 2.95 bits per heavy atom. The number of hydrogen-bond acceptors (Lipinski definition) is 4. The quantitative estimate of drug-likeness (QED) is 0.784. The van der Waals surface area contributed by atoms with Crippen LogP contribution in [0.15, 0.2) is 23.1 Å². The highest BCUT2D eigenvalue weighted by atomic mass is 35.5. The van der Waals surface area contributed by atoms with Gasteiger partial charge in [-0.05, 0) is 48.9 Å². The molecule has 0 fully saturated rings. The summed E-state index contributed by atoms with van der Waals surface area (Å²) in [6, 6.07) is 6.33. The molecule has 0 saturated carbocycles. The largest absolute Gasteiger partial charge is 0.310 e. The summed E-state index contributed by atoms with van der Waals surface area (Å²) in [5.74, 6) is 1.09. The standard InChI is InChI=1S/C13H19ClN2O2S2/c1-20(17,18)16-7-2-6-15-12-5-8-19-13-4-3-10(14)9-11(12)13/h3-4,9,12,15-16H,2,5-8H2,1H3.